The number of aliphatic hydroxyl groups is 3. The van der Waals surface area contributed by atoms with Gasteiger partial charge in [-0.15, -0.1) is 0 Å². The van der Waals surface area contributed by atoms with Crippen LogP contribution in [0.4, 0.5) is 13.2 Å². The van der Waals surface area contributed by atoms with E-state index in [2.05, 4.69) is 0 Å². The average Bonchev–Trinajstić information content (AvgIpc) is 2.83. The van der Waals surface area contributed by atoms with Crippen LogP contribution in [0.25, 0.3) is 22.9 Å². The number of fused-ring (bicyclic) bond motifs is 1. The van der Waals surface area contributed by atoms with Gasteiger partial charge in [0.05, 0.1) is 24.4 Å². The summed E-state index contributed by atoms with van der Waals surface area (Å²) in [6, 6.07) is 16.5. The maximum absolute atomic E-state index is 13.0. The van der Waals surface area contributed by atoms with E-state index in [1.807, 2.05) is 36.4 Å². The number of aliphatic hydroxyl groups excluding tert-OH is 3. The van der Waals surface area contributed by atoms with Gasteiger partial charge in [-0.2, -0.15) is 13.2 Å². The van der Waals surface area contributed by atoms with Crippen molar-refractivity contribution in [3.63, 3.8) is 0 Å². The third-order valence-corrected chi connectivity index (χ3v) is 5.35. The summed E-state index contributed by atoms with van der Waals surface area (Å²) >= 11 is 0. The van der Waals surface area contributed by atoms with Gasteiger partial charge in [0.1, 0.15) is 5.75 Å². The number of rotatable bonds is 5. The first-order valence-corrected chi connectivity index (χ1v) is 10.8. The molecule has 1 saturated heterocycles. The van der Waals surface area contributed by atoms with Crippen LogP contribution in [0.1, 0.15) is 29.5 Å². The highest BCUT2D eigenvalue weighted by atomic mass is 19.4. The van der Waals surface area contributed by atoms with E-state index in [0.29, 0.717) is 23.3 Å². The molecule has 1 aliphatic heterocycles. The first-order chi connectivity index (χ1) is 16.3. The Morgan fingerprint density at radius 1 is 0.971 bits per heavy atom. The fourth-order valence-electron chi connectivity index (χ4n) is 3.76. The van der Waals surface area contributed by atoms with Crippen molar-refractivity contribution in [3.8, 4) is 5.75 Å². The Bertz CT molecular complexity index is 1110. The molecule has 0 bridgehead atoms. The molecule has 0 radical (unpaired) electrons. The normalized spacial score (nSPS) is 20.7. The summed E-state index contributed by atoms with van der Waals surface area (Å²) in [5.41, 5.74) is 0.350. The molecule has 0 aromatic heterocycles. The largest absolute Gasteiger partial charge is 0.464 e. The molecule has 3 atom stereocenters. The highest BCUT2D eigenvalue weighted by Crippen LogP contribution is 2.32. The molecule has 0 amide bonds. The Morgan fingerprint density at radius 3 is 2.35 bits per heavy atom. The summed E-state index contributed by atoms with van der Waals surface area (Å²) in [5.74, 6) is 0.475. The summed E-state index contributed by atoms with van der Waals surface area (Å²) in [6.45, 7) is -0.225. The third kappa shape index (κ3) is 6.57. The van der Waals surface area contributed by atoms with Crippen LogP contribution in [0.5, 0.6) is 5.75 Å². The van der Waals surface area contributed by atoms with Gasteiger partial charge in [0, 0.05) is 25.5 Å². The van der Waals surface area contributed by atoms with Crippen molar-refractivity contribution in [1.82, 2.24) is 0 Å². The van der Waals surface area contributed by atoms with Crippen LogP contribution < -0.4 is 4.74 Å². The van der Waals surface area contributed by atoms with Crippen LogP contribution in [0.2, 0.25) is 0 Å². The summed E-state index contributed by atoms with van der Waals surface area (Å²) in [7, 11) is 1.00. The Labute approximate surface area is 195 Å². The van der Waals surface area contributed by atoms with Crippen LogP contribution in [-0.2, 0) is 10.9 Å². The second-order valence-corrected chi connectivity index (χ2v) is 7.81. The van der Waals surface area contributed by atoms with Gasteiger partial charge in [-0.1, -0.05) is 48.6 Å². The molecule has 3 aromatic rings. The zero-order chi connectivity index (χ0) is 24.7. The van der Waals surface area contributed by atoms with Gasteiger partial charge in [-0.25, -0.2) is 0 Å². The topological polar surface area (TPSA) is 79.2 Å². The number of alkyl halides is 3. The van der Waals surface area contributed by atoms with E-state index in [1.165, 1.54) is 6.07 Å². The van der Waals surface area contributed by atoms with Crippen molar-refractivity contribution in [2.24, 2.45) is 0 Å². The van der Waals surface area contributed by atoms with Crippen LogP contribution >= 0.6 is 0 Å². The lowest BCUT2D eigenvalue weighted by Crippen LogP contribution is -2.40. The van der Waals surface area contributed by atoms with Gasteiger partial charge in [0.15, 0.2) is 0 Å². The number of ether oxygens (including phenoxy) is 2. The summed E-state index contributed by atoms with van der Waals surface area (Å²) < 4.78 is 50.8. The second-order valence-electron chi connectivity index (χ2n) is 7.81. The molecule has 3 unspecified atom stereocenters. The molecule has 5 nitrogen and oxygen atoms in total. The lowest BCUT2D eigenvalue weighted by atomic mass is 10.0. The SMILES string of the molecule is CO.OCC1CC(O)CC(Oc2cc3ccccc3cc2/C=C/c2cccc(C(F)(F)F)c2)O1. The molecule has 3 aromatic carbocycles. The third-order valence-electron chi connectivity index (χ3n) is 5.35. The molecular formula is C26H27F3O5. The van der Waals surface area contributed by atoms with Crippen molar-refractivity contribution in [1.29, 1.82) is 0 Å². The maximum Gasteiger partial charge on any atom is 0.416 e. The van der Waals surface area contributed by atoms with E-state index in [1.54, 1.807) is 18.2 Å². The van der Waals surface area contributed by atoms with Crippen molar-refractivity contribution in [2.75, 3.05) is 13.7 Å². The monoisotopic (exact) mass is 476 g/mol. The van der Waals surface area contributed by atoms with E-state index in [4.69, 9.17) is 14.6 Å². The molecule has 182 valence electrons. The fraction of sp³-hybridized carbons (Fsp3) is 0.308. The molecule has 3 N–H and O–H groups in total. The van der Waals surface area contributed by atoms with Crippen LogP contribution in [0, 0.1) is 0 Å². The fourth-order valence-corrected chi connectivity index (χ4v) is 3.76. The molecule has 0 aliphatic carbocycles. The van der Waals surface area contributed by atoms with Crippen LogP contribution in [0.3, 0.4) is 0 Å². The number of halogens is 3. The number of hydrogen-bond acceptors (Lipinski definition) is 5. The maximum atomic E-state index is 13.0. The van der Waals surface area contributed by atoms with Crippen LogP contribution in [-0.4, -0.2) is 47.5 Å². The molecule has 8 heteroatoms. The Morgan fingerprint density at radius 2 is 1.68 bits per heavy atom. The molecule has 34 heavy (non-hydrogen) atoms. The summed E-state index contributed by atoms with van der Waals surface area (Å²) in [5, 5.41) is 28.3. The van der Waals surface area contributed by atoms with E-state index in [0.717, 1.165) is 30.0 Å². The summed E-state index contributed by atoms with van der Waals surface area (Å²) in [4.78, 5) is 0. The predicted octanol–water partition coefficient (Wildman–Crippen LogP) is 4.87. The first kappa shape index (κ1) is 25.7. The molecule has 1 fully saturated rings. The van der Waals surface area contributed by atoms with Crippen molar-refractivity contribution < 1.29 is 38.0 Å². The zero-order valence-corrected chi connectivity index (χ0v) is 18.6. The highest BCUT2D eigenvalue weighted by Gasteiger charge is 2.31. The van der Waals surface area contributed by atoms with Gasteiger partial charge in [0.25, 0.3) is 0 Å². The molecule has 0 saturated carbocycles. The molecule has 1 heterocycles. The van der Waals surface area contributed by atoms with Crippen molar-refractivity contribution in [3.05, 3.63) is 77.4 Å². The standard InChI is InChI=1S/C25H23F3O4.CH4O/c26-25(27,28)20-7-3-4-16(10-20)8-9-19-11-17-5-1-2-6-18(17)12-23(19)32-24-14-21(30)13-22(15-29)31-24;1-2/h1-12,21-22,24,29-30H,13-15H2;2H,1H3/b9-8+;. The Kier molecular flexibility index (Phi) is 8.68. The Hall–Kier alpha value is -2.91. The minimum absolute atomic E-state index is 0.225. The number of hydrogen-bond donors (Lipinski definition) is 3. The first-order valence-electron chi connectivity index (χ1n) is 10.8. The van der Waals surface area contributed by atoms with E-state index in [-0.39, 0.29) is 13.0 Å². The quantitative estimate of drug-likeness (QED) is 0.458. The molecule has 0 spiro atoms. The lowest BCUT2D eigenvalue weighted by Gasteiger charge is -2.32. The molecule has 1 aliphatic rings. The van der Waals surface area contributed by atoms with Gasteiger partial charge < -0.3 is 24.8 Å². The number of benzene rings is 3. The smallest absolute Gasteiger partial charge is 0.416 e. The summed E-state index contributed by atoms with van der Waals surface area (Å²) in [6.07, 6.45) is -2.47. The van der Waals surface area contributed by atoms with E-state index in [9.17, 15) is 23.4 Å². The zero-order valence-electron chi connectivity index (χ0n) is 18.6. The highest BCUT2D eigenvalue weighted by molar-refractivity contribution is 5.88. The second kappa shape index (κ2) is 11.5. The minimum Gasteiger partial charge on any atom is -0.464 e. The molecule has 4 rings (SSSR count). The lowest BCUT2D eigenvalue weighted by molar-refractivity contribution is -0.184. The van der Waals surface area contributed by atoms with Gasteiger partial charge >= 0.3 is 6.18 Å². The molecular weight excluding hydrogens is 449 g/mol. The van der Waals surface area contributed by atoms with Crippen molar-refractivity contribution >= 4 is 22.9 Å². The van der Waals surface area contributed by atoms with Crippen LogP contribution in [0.15, 0.2) is 60.7 Å². The minimum atomic E-state index is -4.41. The predicted molar refractivity (Wildman–Crippen MR) is 124 cm³/mol. The van der Waals surface area contributed by atoms with E-state index < -0.39 is 30.2 Å². The van der Waals surface area contributed by atoms with E-state index >= 15 is 0 Å². The van der Waals surface area contributed by atoms with Gasteiger partial charge in [-0.05, 0) is 40.6 Å². The van der Waals surface area contributed by atoms with Crippen molar-refractivity contribution in [2.45, 2.75) is 37.5 Å². The van der Waals surface area contributed by atoms with Gasteiger partial charge in [-0.3, -0.25) is 0 Å². The van der Waals surface area contributed by atoms with Gasteiger partial charge in [0.2, 0.25) is 6.29 Å². The Balaban J connectivity index is 0.00000158. The average molecular weight is 476 g/mol.